The van der Waals surface area contributed by atoms with Crippen LogP contribution in [0.25, 0.3) is 10.8 Å². The topological polar surface area (TPSA) is 42.0 Å². The summed E-state index contributed by atoms with van der Waals surface area (Å²) in [4.78, 5) is 17.1. The van der Waals surface area contributed by atoms with Crippen LogP contribution in [-0.4, -0.2) is 44.1 Å². The number of benzene rings is 4. The molecule has 5 rings (SSSR count). The maximum atomic E-state index is 14.1. The van der Waals surface area contributed by atoms with Crippen LogP contribution in [0, 0.1) is 5.82 Å². The van der Waals surface area contributed by atoms with Gasteiger partial charge in [-0.1, -0.05) is 48.5 Å². The van der Waals surface area contributed by atoms with Gasteiger partial charge in [0.15, 0.2) is 0 Å². The Morgan fingerprint density at radius 1 is 0.857 bits per heavy atom. The summed E-state index contributed by atoms with van der Waals surface area (Å²) in [6.45, 7) is 2.50. The quantitative estimate of drug-likeness (QED) is 0.372. The fourth-order valence-corrected chi connectivity index (χ4v) is 4.54. The Labute approximate surface area is 204 Å². The highest BCUT2D eigenvalue weighted by Gasteiger charge is 2.24. The van der Waals surface area contributed by atoms with Crippen LogP contribution in [0.5, 0.6) is 11.5 Å². The van der Waals surface area contributed by atoms with E-state index in [1.54, 1.807) is 25.3 Å². The summed E-state index contributed by atoms with van der Waals surface area (Å²) >= 11 is 0. The van der Waals surface area contributed by atoms with Crippen LogP contribution >= 0.6 is 0 Å². The standard InChI is InChI=1S/C29H27FN2O3/c1-34-27-14-13-22(19-23(27)20-35-28-12-6-8-21-7-2-3-9-24(21)28)29(33)32-17-15-31(16-18-32)26-11-5-4-10-25(26)30/h2-14,19H,15-18,20H2,1H3. The van der Waals surface area contributed by atoms with Crippen LogP contribution in [-0.2, 0) is 6.61 Å². The number of nitrogens with zero attached hydrogens (tertiary/aromatic N) is 2. The van der Waals surface area contributed by atoms with Crippen molar-refractivity contribution < 1.29 is 18.7 Å². The number of hydrogen-bond donors (Lipinski definition) is 0. The smallest absolute Gasteiger partial charge is 0.253 e. The van der Waals surface area contributed by atoms with Gasteiger partial charge in [-0.05, 0) is 41.8 Å². The van der Waals surface area contributed by atoms with Crippen molar-refractivity contribution in [3.63, 3.8) is 0 Å². The number of carbonyl (C=O) groups is 1. The van der Waals surface area contributed by atoms with Gasteiger partial charge in [0.1, 0.15) is 23.9 Å². The van der Waals surface area contributed by atoms with Crippen LogP contribution < -0.4 is 14.4 Å². The van der Waals surface area contributed by atoms with E-state index in [4.69, 9.17) is 9.47 Å². The summed E-state index contributed by atoms with van der Waals surface area (Å²) in [5.74, 6) is 1.17. The molecule has 0 unspecified atom stereocenters. The van der Waals surface area contributed by atoms with Crippen molar-refractivity contribution in [3.05, 3.63) is 102 Å². The summed E-state index contributed by atoms with van der Waals surface area (Å²) < 4.78 is 25.8. The number of ether oxygens (including phenoxy) is 2. The van der Waals surface area contributed by atoms with Crippen molar-refractivity contribution in [2.24, 2.45) is 0 Å². The number of methoxy groups -OCH3 is 1. The van der Waals surface area contributed by atoms with Gasteiger partial charge < -0.3 is 19.3 Å². The minimum Gasteiger partial charge on any atom is -0.496 e. The molecule has 0 radical (unpaired) electrons. The molecule has 1 aliphatic heterocycles. The number of anilines is 1. The minimum absolute atomic E-state index is 0.0488. The zero-order valence-electron chi connectivity index (χ0n) is 19.6. The second-order valence-corrected chi connectivity index (χ2v) is 8.52. The van der Waals surface area contributed by atoms with Gasteiger partial charge in [-0.15, -0.1) is 0 Å². The lowest BCUT2D eigenvalue weighted by molar-refractivity contribution is 0.0746. The highest BCUT2D eigenvalue weighted by molar-refractivity contribution is 5.95. The zero-order valence-corrected chi connectivity index (χ0v) is 19.6. The molecule has 35 heavy (non-hydrogen) atoms. The van der Waals surface area contributed by atoms with E-state index in [2.05, 4.69) is 0 Å². The second kappa shape index (κ2) is 10.1. The number of para-hydroxylation sites is 1. The lowest BCUT2D eigenvalue weighted by atomic mass is 10.1. The first kappa shape index (κ1) is 22.7. The number of amides is 1. The normalized spacial score (nSPS) is 13.7. The first-order valence-corrected chi connectivity index (χ1v) is 11.7. The molecule has 0 aromatic heterocycles. The van der Waals surface area contributed by atoms with Gasteiger partial charge in [-0.2, -0.15) is 0 Å². The third kappa shape index (κ3) is 4.78. The highest BCUT2D eigenvalue weighted by atomic mass is 19.1. The molecule has 4 aromatic rings. The number of carbonyl (C=O) groups excluding carboxylic acids is 1. The zero-order chi connectivity index (χ0) is 24.2. The molecule has 0 saturated carbocycles. The number of halogens is 1. The molecule has 4 aromatic carbocycles. The summed E-state index contributed by atoms with van der Waals surface area (Å²) in [5, 5.41) is 2.14. The molecule has 0 bridgehead atoms. The largest absolute Gasteiger partial charge is 0.496 e. The molecular weight excluding hydrogens is 443 g/mol. The first-order valence-electron chi connectivity index (χ1n) is 11.7. The van der Waals surface area contributed by atoms with Crippen LogP contribution in [0.3, 0.4) is 0 Å². The number of hydrogen-bond acceptors (Lipinski definition) is 4. The maximum absolute atomic E-state index is 14.1. The molecule has 0 N–H and O–H groups in total. The third-order valence-electron chi connectivity index (χ3n) is 6.42. The Hall–Kier alpha value is -4.06. The van der Waals surface area contributed by atoms with E-state index >= 15 is 0 Å². The number of piperazine rings is 1. The van der Waals surface area contributed by atoms with Gasteiger partial charge >= 0.3 is 0 Å². The van der Waals surface area contributed by atoms with E-state index in [0.717, 1.165) is 22.1 Å². The fourth-order valence-electron chi connectivity index (χ4n) is 4.54. The lowest BCUT2D eigenvalue weighted by Crippen LogP contribution is -2.49. The van der Waals surface area contributed by atoms with Gasteiger partial charge in [-0.25, -0.2) is 4.39 Å². The van der Waals surface area contributed by atoms with Crippen LogP contribution in [0.2, 0.25) is 0 Å². The molecule has 1 saturated heterocycles. The van der Waals surface area contributed by atoms with Crippen molar-refractivity contribution in [2.75, 3.05) is 38.2 Å². The van der Waals surface area contributed by atoms with Gasteiger partial charge in [-0.3, -0.25) is 4.79 Å². The molecule has 178 valence electrons. The summed E-state index contributed by atoms with van der Waals surface area (Å²) in [7, 11) is 1.61. The Morgan fingerprint density at radius 3 is 2.40 bits per heavy atom. The Kier molecular flexibility index (Phi) is 6.53. The predicted octanol–water partition coefficient (Wildman–Crippen LogP) is 5.53. The average Bonchev–Trinajstić information content (AvgIpc) is 2.91. The van der Waals surface area contributed by atoms with Crippen molar-refractivity contribution >= 4 is 22.4 Å². The van der Waals surface area contributed by atoms with Crippen LogP contribution in [0.4, 0.5) is 10.1 Å². The molecule has 0 spiro atoms. The van der Waals surface area contributed by atoms with Crippen molar-refractivity contribution in [2.45, 2.75) is 6.61 Å². The van der Waals surface area contributed by atoms with E-state index in [9.17, 15) is 9.18 Å². The Balaban J connectivity index is 1.29. The summed E-state index contributed by atoms with van der Waals surface area (Å²) in [6.07, 6.45) is 0. The summed E-state index contributed by atoms with van der Waals surface area (Å²) in [6, 6.07) is 26.2. The highest BCUT2D eigenvalue weighted by Crippen LogP contribution is 2.28. The molecule has 1 amide bonds. The number of rotatable bonds is 6. The molecule has 6 heteroatoms. The molecule has 1 heterocycles. The van der Waals surface area contributed by atoms with E-state index in [-0.39, 0.29) is 18.3 Å². The van der Waals surface area contributed by atoms with E-state index in [1.165, 1.54) is 6.07 Å². The second-order valence-electron chi connectivity index (χ2n) is 8.52. The SMILES string of the molecule is COc1ccc(C(=O)N2CCN(c3ccccc3F)CC2)cc1COc1cccc2ccccc12. The Morgan fingerprint density at radius 2 is 1.60 bits per heavy atom. The minimum atomic E-state index is -0.238. The molecular formula is C29H27FN2O3. The first-order chi connectivity index (χ1) is 17.1. The maximum Gasteiger partial charge on any atom is 0.253 e. The predicted molar refractivity (Wildman–Crippen MR) is 136 cm³/mol. The average molecular weight is 471 g/mol. The van der Waals surface area contributed by atoms with E-state index < -0.39 is 0 Å². The van der Waals surface area contributed by atoms with Gasteiger partial charge in [0.25, 0.3) is 5.91 Å². The monoisotopic (exact) mass is 470 g/mol. The number of fused-ring (bicyclic) bond motifs is 1. The fraction of sp³-hybridized carbons (Fsp3) is 0.207. The molecule has 0 aliphatic carbocycles. The van der Waals surface area contributed by atoms with Gasteiger partial charge in [0, 0.05) is 42.7 Å². The van der Waals surface area contributed by atoms with Crippen LogP contribution in [0.1, 0.15) is 15.9 Å². The van der Waals surface area contributed by atoms with Gasteiger partial charge in [0.05, 0.1) is 12.8 Å². The van der Waals surface area contributed by atoms with E-state index in [1.807, 2.05) is 70.5 Å². The lowest BCUT2D eigenvalue weighted by Gasteiger charge is -2.36. The van der Waals surface area contributed by atoms with Crippen molar-refractivity contribution in [1.29, 1.82) is 0 Å². The third-order valence-corrected chi connectivity index (χ3v) is 6.42. The van der Waals surface area contributed by atoms with Gasteiger partial charge in [0.2, 0.25) is 0 Å². The molecule has 1 fully saturated rings. The van der Waals surface area contributed by atoms with E-state index in [0.29, 0.717) is 43.2 Å². The Bertz CT molecular complexity index is 1340. The van der Waals surface area contributed by atoms with Crippen molar-refractivity contribution in [1.82, 2.24) is 4.90 Å². The molecule has 0 atom stereocenters. The molecule has 5 nitrogen and oxygen atoms in total. The van der Waals surface area contributed by atoms with Crippen molar-refractivity contribution in [3.8, 4) is 11.5 Å². The van der Waals surface area contributed by atoms with Crippen LogP contribution in [0.15, 0.2) is 84.9 Å². The molecule has 1 aliphatic rings. The summed E-state index contributed by atoms with van der Waals surface area (Å²) in [5.41, 5.74) is 1.97.